The fourth-order valence-electron chi connectivity index (χ4n) is 1.96. The van der Waals surface area contributed by atoms with Crippen molar-refractivity contribution in [3.8, 4) is 11.8 Å². The van der Waals surface area contributed by atoms with Crippen molar-refractivity contribution in [1.82, 2.24) is 5.32 Å². The number of carbonyl (C=O) groups is 2. The molecule has 0 aliphatic heterocycles. The van der Waals surface area contributed by atoms with Crippen molar-refractivity contribution in [2.45, 2.75) is 6.04 Å². The SMILES string of the molecule is N#Cc1ccccc1OCC(=O)NC(C(=O)O)c1ccccc1. The first-order valence-corrected chi connectivity index (χ1v) is 6.81. The monoisotopic (exact) mass is 310 g/mol. The molecule has 0 aromatic heterocycles. The van der Waals surface area contributed by atoms with E-state index < -0.39 is 17.9 Å². The molecule has 2 aromatic carbocycles. The van der Waals surface area contributed by atoms with Gasteiger partial charge in [-0.15, -0.1) is 0 Å². The van der Waals surface area contributed by atoms with Crippen LogP contribution in [0.25, 0.3) is 0 Å². The molecule has 0 spiro atoms. The second kappa shape index (κ2) is 7.61. The van der Waals surface area contributed by atoms with Gasteiger partial charge in [0, 0.05) is 0 Å². The molecule has 1 atom stereocenters. The summed E-state index contributed by atoms with van der Waals surface area (Å²) in [5, 5.41) is 20.6. The standard InChI is InChI=1S/C17H14N2O4/c18-10-13-8-4-5-9-14(13)23-11-15(20)19-16(17(21)22)12-6-2-1-3-7-12/h1-9,16H,11H2,(H,19,20)(H,21,22). The number of para-hydroxylation sites is 1. The highest BCUT2D eigenvalue weighted by Crippen LogP contribution is 2.17. The van der Waals surface area contributed by atoms with Crippen LogP contribution in [0.1, 0.15) is 17.2 Å². The van der Waals surface area contributed by atoms with Crippen molar-refractivity contribution < 1.29 is 19.4 Å². The molecule has 2 N–H and O–H groups in total. The Balaban J connectivity index is 2.01. The Labute approximate surface area is 132 Å². The van der Waals surface area contributed by atoms with Crippen LogP contribution in [0.4, 0.5) is 0 Å². The van der Waals surface area contributed by atoms with Gasteiger partial charge < -0.3 is 15.2 Å². The van der Waals surface area contributed by atoms with Crippen LogP contribution >= 0.6 is 0 Å². The molecule has 0 bridgehead atoms. The predicted octanol–water partition coefficient (Wildman–Crippen LogP) is 1.88. The van der Waals surface area contributed by atoms with Crippen molar-refractivity contribution in [2.24, 2.45) is 0 Å². The van der Waals surface area contributed by atoms with Crippen LogP contribution in [0.5, 0.6) is 5.75 Å². The number of hydrogen-bond donors (Lipinski definition) is 2. The van der Waals surface area contributed by atoms with Crippen LogP contribution < -0.4 is 10.1 Å². The van der Waals surface area contributed by atoms with E-state index in [2.05, 4.69) is 5.32 Å². The van der Waals surface area contributed by atoms with Gasteiger partial charge in [-0.2, -0.15) is 5.26 Å². The van der Waals surface area contributed by atoms with Gasteiger partial charge in [0.05, 0.1) is 5.56 Å². The number of nitriles is 1. The van der Waals surface area contributed by atoms with E-state index >= 15 is 0 Å². The third kappa shape index (κ3) is 4.32. The van der Waals surface area contributed by atoms with Gasteiger partial charge in [0.1, 0.15) is 11.8 Å². The number of hydrogen-bond acceptors (Lipinski definition) is 4. The summed E-state index contributed by atoms with van der Waals surface area (Å²) >= 11 is 0. The maximum atomic E-state index is 11.9. The molecule has 23 heavy (non-hydrogen) atoms. The lowest BCUT2D eigenvalue weighted by atomic mass is 10.1. The van der Waals surface area contributed by atoms with E-state index in [-0.39, 0.29) is 12.4 Å². The Kier molecular flexibility index (Phi) is 5.31. The highest BCUT2D eigenvalue weighted by atomic mass is 16.5. The molecule has 116 valence electrons. The maximum absolute atomic E-state index is 11.9. The van der Waals surface area contributed by atoms with Crippen LogP contribution in [-0.4, -0.2) is 23.6 Å². The van der Waals surface area contributed by atoms with Crippen molar-refractivity contribution in [3.63, 3.8) is 0 Å². The first kappa shape index (κ1) is 16.0. The number of aliphatic carboxylic acids is 1. The van der Waals surface area contributed by atoms with Gasteiger partial charge >= 0.3 is 5.97 Å². The second-order valence-corrected chi connectivity index (χ2v) is 4.65. The Morgan fingerprint density at radius 2 is 1.78 bits per heavy atom. The number of carboxylic acid groups (broad SMARTS) is 1. The van der Waals surface area contributed by atoms with Gasteiger partial charge in [-0.05, 0) is 17.7 Å². The quantitative estimate of drug-likeness (QED) is 0.848. The normalized spacial score (nSPS) is 11.1. The van der Waals surface area contributed by atoms with Crippen molar-refractivity contribution in [1.29, 1.82) is 5.26 Å². The first-order chi connectivity index (χ1) is 11.1. The zero-order chi connectivity index (χ0) is 16.7. The highest BCUT2D eigenvalue weighted by Gasteiger charge is 2.22. The van der Waals surface area contributed by atoms with Gasteiger partial charge in [0.2, 0.25) is 0 Å². The number of carboxylic acids is 1. The lowest BCUT2D eigenvalue weighted by Crippen LogP contribution is -2.36. The van der Waals surface area contributed by atoms with E-state index in [1.807, 2.05) is 6.07 Å². The number of ether oxygens (including phenoxy) is 1. The molecule has 6 nitrogen and oxygen atoms in total. The Morgan fingerprint density at radius 3 is 2.43 bits per heavy atom. The van der Waals surface area contributed by atoms with Crippen LogP contribution in [0.15, 0.2) is 54.6 Å². The van der Waals surface area contributed by atoms with E-state index in [0.29, 0.717) is 11.1 Å². The summed E-state index contributed by atoms with van der Waals surface area (Å²) in [7, 11) is 0. The lowest BCUT2D eigenvalue weighted by molar-refractivity contribution is -0.142. The zero-order valence-corrected chi connectivity index (χ0v) is 12.1. The van der Waals surface area contributed by atoms with Crippen LogP contribution in [0.3, 0.4) is 0 Å². The summed E-state index contributed by atoms with van der Waals surface area (Å²) in [6, 6.07) is 15.7. The lowest BCUT2D eigenvalue weighted by Gasteiger charge is -2.15. The van der Waals surface area contributed by atoms with Gasteiger partial charge in [-0.1, -0.05) is 42.5 Å². The minimum Gasteiger partial charge on any atom is -0.482 e. The zero-order valence-electron chi connectivity index (χ0n) is 12.1. The summed E-state index contributed by atoms with van der Waals surface area (Å²) in [4.78, 5) is 23.2. The first-order valence-electron chi connectivity index (χ1n) is 6.81. The Bertz CT molecular complexity index is 738. The number of carbonyl (C=O) groups excluding carboxylic acids is 1. The molecule has 2 rings (SSSR count). The van der Waals surface area contributed by atoms with Gasteiger partial charge in [-0.25, -0.2) is 4.79 Å². The van der Waals surface area contributed by atoms with E-state index in [1.54, 1.807) is 54.6 Å². The molecule has 1 amide bonds. The third-order valence-electron chi connectivity index (χ3n) is 3.05. The molecule has 0 aliphatic carbocycles. The molecule has 0 heterocycles. The average Bonchev–Trinajstić information content (AvgIpc) is 2.58. The highest BCUT2D eigenvalue weighted by molar-refractivity contribution is 5.85. The minimum absolute atomic E-state index is 0.275. The van der Waals surface area contributed by atoms with Crippen LogP contribution in [0.2, 0.25) is 0 Å². The number of rotatable bonds is 6. The van der Waals surface area contributed by atoms with E-state index in [0.717, 1.165) is 0 Å². The molecule has 0 fully saturated rings. The number of amides is 1. The molecular formula is C17H14N2O4. The average molecular weight is 310 g/mol. The number of nitrogens with zero attached hydrogens (tertiary/aromatic N) is 1. The third-order valence-corrected chi connectivity index (χ3v) is 3.05. The molecule has 1 unspecified atom stereocenters. The predicted molar refractivity (Wildman–Crippen MR) is 81.6 cm³/mol. The second-order valence-electron chi connectivity index (χ2n) is 4.65. The van der Waals surface area contributed by atoms with Gasteiger partial charge in [-0.3, -0.25) is 4.79 Å². The fourth-order valence-corrected chi connectivity index (χ4v) is 1.96. The largest absolute Gasteiger partial charge is 0.482 e. The minimum atomic E-state index is -1.16. The number of benzene rings is 2. The summed E-state index contributed by atoms with van der Waals surface area (Å²) < 4.78 is 5.28. The molecule has 0 saturated carbocycles. The summed E-state index contributed by atoms with van der Waals surface area (Å²) in [5.41, 5.74) is 0.768. The van der Waals surface area contributed by atoms with Crippen molar-refractivity contribution in [2.75, 3.05) is 6.61 Å². The molecule has 0 aliphatic rings. The van der Waals surface area contributed by atoms with E-state index in [4.69, 9.17) is 10.00 Å². The number of nitrogens with one attached hydrogen (secondary N) is 1. The summed E-state index contributed by atoms with van der Waals surface area (Å²) in [6.07, 6.45) is 0. The molecule has 6 heteroatoms. The Hall–Kier alpha value is -3.33. The van der Waals surface area contributed by atoms with Crippen LogP contribution in [0, 0.1) is 11.3 Å². The molecule has 0 saturated heterocycles. The van der Waals surface area contributed by atoms with Crippen molar-refractivity contribution >= 4 is 11.9 Å². The maximum Gasteiger partial charge on any atom is 0.330 e. The van der Waals surface area contributed by atoms with Crippen LogP contribution in [-0.2, 0) is 9.59 Å². The molecule has 2 aromatic rings. The van der Waals surface area contributed by atoms with Gasteiger partial charge in [0.25, 0.3) is 5.91 Å². The fraction of sp³-hybridized carbons (Fsp3) is 0.118. The van der Waals surface area contributed by atoms with E-state index in [9.17, 15) is 14.7 Å². The smallest absolute Gasteiger partial charge is 0.330 e. The summed E-state index contributed by atoms with van der Waals surface area (Å²) in [6.45, 7) is -0.380. The Morgan fingerprint density at radius 1 is 1.13 bits per heavy atom. The van der Waals surface area contributed by atoms with E-state index in [1.165, 1.54) is 0 Å². The molecular weight excluding hydrogens is 296 g/mol. The van der Waals surface area contributed by atoms with Gasteiger partial charge in [0.15, 0.2) is 12.6 Å². The summed E-state index contributed by atoms with van der Waals surface area (Å²) in [5.74, 6) is -1.48. The topological polar surface area (TPSA) is 99.4 Å². The van der Waals surface area contributed by atoms with Crippen molar-refractivity contribution in [3.05, 3.63) is 65.7 Å². The molecule has 0 radical (unpaired) electrons.